The largest absolute Gasteiger partial charge is 0.252 e. The van der Waals surface area contributed by atoms with Crippen LogP contribution >= 0.6 is 0 Å². The number of hydrogen-bond donors (Lipinski definition) is 0. The summed E-state index contributed by atoms with van der Waals surface area (Å²) < 4.78 is 30.7. The summed E-state index contributed by atoms with van der Waals surface area (Å²) in [6.45, 7) is 12.6. The van der Waals surface area contributed by atoms with Gasteiger partial charge in [0, 0.05) is 12.1 Å². The molecule has 0 N–H and O–H groups in total. The van der Waals surface area contributed by atoms with E-state index in [2.05, 4.69) is 53.0 Å². The molecule has 2 atom stereocenters. The minimum Gasteiger partial charge on any atom is -0.220 e. The number of nitrogens with zero attached hydrogens (tertiary/aromatic N) is 7. The average molecular weight is 490 g/mol. The Balaban J connectivity index is 1.67. The van der Waals surface area contributed by atoms with Crippen molar-refractivity contribution in [1.29, 1.82) is 0 Å². The Hall–Kier alpha value is -3.62. The van der Waals surface area contributed by atoms with Gasteiger partial charge < -0.3 is 0 Å². The standard InChI is InChI=1S/C27H29F2N7/c1-7-17-16-13-20(22-18(28)9-8-10-19(22)29)33-34-23(16)27(6,26(17,4)5)21-11-12-30-25(32-21)36-14-31-24(35-36)15(2)3/h8-15,17H,7H2,1-6H3. The molecule has 1 aliphatic rings. The molecule has 0 saturated heterocycles. The van der Waals surface area contributed by atoms with Crippen LogP contribution in [-0.2, 0) is 5.41 Å². The Morgan fingerprint density at radius 3 is 2.39 bits per heavy atom. The quantitative estimate of drug-likeness (QED) is 0.355. The smallest absolute Gasteiger partial charge is 0.220 e. The SMILES string of the molecule is CCC1c2cc(-c3c(F)cccc3F)nnc2C(C)(c2ccnc(-n3cnc(C(C)C)n3)n2)C1(C)C. The van der Waals surface area contributed by atoms with Crippen LogP contribution in [0.25, 0.3) is 17.2 Å². The molecular weight excluding hydrogens is 460 g/mol. The Kier molecular flexibility index (Phi) is 5.69. The van der Waals surface area contributed by atoms with E-state index >= 15 is 0 Å². The van der Waals surface area contributed by atoms with Crippen LogP contribution in [0.3, 0.4) is 0 Å². The van der Waals surface area contributed by atoms with E-state index in [0.29, 0.717) is 11.8 Å². The van der Waals surface area contributed by atoms with Crippen molar-refractivity contribution in [2.75, 3.05) is 0 Å². The lowest BCUT2D eigenvalue weighted by atomic mass is 9.62. The van der Waals surface area contributed by atoms with Crippen molar-refractivity contribution in [2.24, 2.45) is 5.41 Å². The molecule has 3 aromatic heterocycles. The second-order valence-electron chi connectivity index (χ2n) is 10.4. The monoisotopic (exact) mass is 489 g/mol. The van der Waals surface area contributed by atoms with Gasteiger partial charge in [0.05, 0.1) is 28.1 Å². The molecule has 9 heteroatoms. The van der Waals surface area contributed by atoms with Crippen molar-refractivity contribution in [3.8, 4) is 17.2 Å². The highest BCUT2D eigenvalue weighted by Crippen LogP contribution is 2.61. The van der Waals surface area contributed by atoms with Crippen LogP contribution < -0.4 is 0 Å². The highest BCUT2D eigenvalue weighted by atomic mass is 19.1. The van der Waals surface area contributed by atoms with E-state index in [-0.39, 0.29) is 28.5 Å². The summed E-state index contributed by atoms with van der Waals surface area (Å²) in [6, 6.07) is 7.49. The number of halogens is 2. The molecule has 0 radical (unpaired) electrons. The second-order valence-corrected chi connectivity index (χ2v) is 10.4. The lowest BCUT2D eigenvalue weighted by Crippen LogP contribution is -2.40. The lowest BCUT2D eigenvalue weighted by molar-refractivity contribution is 0.189. The number of fused-ring (bicyclic) bond motifs is 1. The van der Waals surface area contributed by atoms with Crippen LogP contribution in [0.5, 0.6) is 0 Å². The Bertz CT molecular complexity index is 1430. The summed E-state index contributed by atoms with van der Waals surface area (Å²) in [5.74, 6) is 0.0632. The maximum absolute atomic E-state index is 14.6. The van der Waals surface area contributed by atoms with Crippen LogP contribution in [0.15, 0.2) is 42.9 Å². The third-order valence-corrected chi connectivity index (χ3v) is 7.85. The number of aromatic nitrogens is 7. The first-order chi connectivity index (χ1) is 17.1. The first-order valence-electron chi connectivity index (χ1n) is 12.2. The molecule has 5 rings (SSSR count). The van der Waals surface area contributed by atoms with Crippen LogP contribution in [0, 0.1) is 17.0 Å². The van der Waals surface area contributed by atoms with Gasteiger partial charge in [-0.2, -0.15) is 9.78 Å². The van der Waals surface area contributed by atoms with E-state index in [1.807, 2.05) is 19.9 Å². The van der Waals surface area contributed by atoms with Crippen molar-refractivity contribution in [2.45, 2.75) is 65.2 Å². The minimum absolute atomic E-state index is 0.0684. The molecule has 2 unspecified atom stereocenters. The predicted molar refractivity (Wildman–Crippen MR) is 132 cm³/mol. The zero-order chi connectivity index (χ0) is 25.8. The van der Waals surface area contributed by atoms with Crippen LogP contribution in [-0.4, -0.2) is 34.9 Å². The van der Waals surface area contributed by atoms with E-state index in [0.717, 1.165) is 23.4 Å². The molecule has 0 aliphatic heterocycles. The first-order valence-corrected chi connectivity index (χ1v) is 12.2. The van der Waals surface area contributed by atoms with E-state index in [1.54, 1.807) is 23.3 Å². The summed E-state index contributed by atoms with van der Waals surface area (Å²) in [5, 5.41) is 13.4. The molecule has 0 fully saturated rings. The molecule has 7 nitrogen and oxygen atoms in total. The molecular formula is C27H29F2N7. The van der Waals surface area contributed by atoms with Gasteiger partial charge in [0.2, 0.25) is 0 Å². The summed E-state index contributed by atoms with van der Waals surface area (Å²) in [7, 11) is 0. The molecule has 3 heterocycles. The van der Waals surface area contributed by atoms with E-state index in [1.165, 1.54) is 18.2 Å². The maximum Gasteiger partial charge on any atom is 0.252 e. The summed E-state index contributed by atoms with van der Waals surface area (Å²) in [4.78, 5) is 13.7. The summed E-state index contributed by atoms with van der Waals surface area (Å²) >= 11 is 0. The Morgan fingerprint density at radius 2 is 1.75 bits per heavy atom. The third-order valence-electron chi connectivity index (χ3n) is 7.85. The van der Waals surface area contributed by atoms with E-state index in [4.69, 9.17) is 4.98 Å². The van der Waals surface area contributed by atoms with E-state index in [9.17, 15) is 8.78 Å². The zero-order valence-corrected chi connectivity index (χ0v) is 21.3. The molecule has 1 aliphatic carbocycles. The van der Waals surface area contributed by atoms with Gasteiger partial charge in [-0.15, -0.1) is 10.2 Å². The lowest BCUT2D eigenvalue weighted by Gasteiger charge is -2.41. The van der Waals surface area contributed by atoms with Crippen LogP contribution in [0.2, 0.25) is 0 Å². The number of benzene rings is 1. The fourth-order valence-electron chi connectivity index (χ4n) is 5.52. The fourth-order valence-corrected chi connectivity index (χ4v) is 5.52. The van der Waals surface area contributed by atoms with Crippen molar-refractivity contribution in [3.05, 3.63) is 77.3 Å². The van der Waals surface area contributed by atoms with Gasteiger partial charge >= 0.3 is 0 Å². The van der Waals surface area contributed by atoms with Crippen molar-refractivity contribution < 1.29 is 8.78 Å². The number of rotatable bonds is 5. The predicted octanol–water partition coefficient (Wildman–Crippen LogP) is 5.76. The molecule has 4 aromatic rings. The van der Waals surface area contributed by atoms with Crippen molar-refractivity contribution in [1.82, 2.24) is 34.9 Å². The molecule has 36 heavy (non-hydrogen) atoms. The first kappa shape index (κ1) is 24.1. The van der Waals surface area contributed by atoms with Crippen molar-refractivity contribution in [3.63, 3.8) is 0 Å². The third kappa shape index (κ3) is 3.43. The van der Waals surface area contributed by atoms with Gasteiger partial charge in [-0.3, -0.25) is 0 Å². The zero-order valence-electron chi connectivity index (χ0n) is 21.3. The van der Waals surface area contributed by atoms with Gasteiger partial charge in [0.25, 0.3) is 5.95 Å². The average Bonchev–Trinajstić information content (AvgIpc) is 3.40. The second kappa shape index (κ2) is 8.50. The molecule has 0 amide bonds. The Labute approximate surface area is 209 Å². The topological polar surface area (TPSA) is 82.3 Å². The molecule has 186 valence electrons. The molecule has 0 saturated carbocycles. The summed E-state index contributed by atoms with van der Waals surface area (Å²) in [5.41, 5.74) is 1.52. The van der Waals surface area contributed by atoms with Gasteiger partial charge in [-0.05, 0) is 54.5 Å². The Morgan fingerprint density at radius 1 is 1.03 bits per heavy atom. The van der Waals surface area contributed by atoms with Gasteiger partial charge in [-0.25, -0.2) is 23.7 Å². The highest BCUT2D eigenvalue weighted by molar-refractivity contribution is 5.63. The highest BCUT2D eigenvalue weighted by Gasteiger charge is 2.57. The van der Waals surface area contributed by atoms with Gasteiger partial charge in [0.15, 0.2) is 5.82 Å². The molecule has 0 spiro atoms. The van der Waals surface area contributed by atoms with Gasteiger partial charge in [-0.1, -0.05) is 40.7 Å². The maximum atomic E-state index is 14.6. The fraction of sp³-hybridized carbons (Fsp3) is 0.407. The summed E-state index contributed by atoms with van der Waals surface area (Å²) in [6.07, 6.45) is 4.15. The van der Waals surface area contributed by atoms with Crippen LogP contribution in [0.4, 0.5) is 8.78 Å². The minimum atomic E-state index is -0.661. The molecule has 0 bridgehead atoms. The van der Waals surface area contributed by atoms with E-state index < -0.39 is 17.0 Å². The van der Waals surface area contributed by atoms with Gasteiger partial charge in [0.1, 0.15) is 18.0 Å². The van der Waals surface area contributed by atoms with Crippen LogP contribution in [0.1, 0.15) is 82.6 Å². The molecule has 1 aromatic carbocycles. The number of hydrogen-bond acceptors (Lipinski definition) is 6. The normalized spacial score (nSPS) is 20.6. The van der Waals surface area contributed by atoms with Crippen molar-refractivity contribution >= 4 is 0 Å².